The van der Waals surface area contributed by atoms with E-state index in [4.69, 9.17) is 0 Å². The van der Waals surface area contributed by atoms with Crippen LogP contribution in [0.4, 0.5) is 0 Å². The van der Waals surface area contributed by atoms with Gasteiger partial charge in [-0.05, 0) is 32.6 Å². The molecule has 2 N–H and O–H groups in total. The first-order valence-corrected chi connectivity index (χ1v) is 8.12. The van der Waals surface area contributed by atoms with Gasteiger partial charge < -0.3 is 10.6 Å². The van der Waals surface area contributed by atoms with Gasteiger partial charge in [0, 0.05) is 19.6 Å². The quantitative estimate of drug-likeness (QED) is 0.567. The molecule has 0 aromatic rings. The molecule has 0 amide bonds. The second-order valence-corrected chi connectivity index (χ2v) is 6.65. The van der Waals surface area contributed by atoms with Crippen LogP contribution in [0.5, 0.6) is 0 Å². The van der Waals surface area contributed by atoms with Crippen LogP contribution in [0.15, 0.2) is 4.99 Å². The number of rotatable bonds is 4. The molecular formula is C11H23N3O2S. The Labute approximate surface area is 104 Å². The Hall–Kier alpha value is -0.780. The highest BCUT2D eigenvalue weighted by Gasteiger charge is 2.23. The van der Waals surface area contributed by atoms with Gasteiger partial charge in [-0.1, -0.05) is 0 Å². The molecule has 0 radical (unpaired) electrons. The summed E-state index contributed by atoms with van der Waals surface area (Å²) in [4.78, 5) is 4.47. The zero-order chi connectivity index (χ0) is 12.7. The number of nitrogens with zero attached hydrogens (tertiary/aromatic N) is 1. The van der Waals surface area contributed by atoms with Crippen molar-refractivity contribution in [3.05, 3.63) is 0 Å². The lowest BCUT2D eigenvalue weighted by molar-refractivity contribution is 0.474. The molecule has 1 heterocycles. The molecule has 1 aliphatic heterocycles. The van der Waals surface area contributed by atoms with Gasteiger partial charge in [-0.25, -0.2) is 8.42 Å². The summed E-state index contributed by atoms with van der Waals surface area (Å²) in [6.07, 6.45) is 1.49. The summed E-state index contributed by atoms with van der Waals surface area (Å²) in [5, 5.41) is 6.32. The molecule has 0 spiro atoms. The fourth-order valence-electron chi connectivity index (χ4n) is 1.85. The molecule has 1 saturated heterocycles. The van der Waals surface area contributed by atoms with Gasteiger partial charge >= 0.3 is 0 Å². The maximum absolute atomic E-state index is 11.3. The van der Waals surface area contributed by atoms with Crippen LogP contribution in [0, 0.1) is 5.92 Å². The van der Waals surface area contributed by atoms with Crippen LogP contribution < -0.4 is 10.6 Å². The number of nitrogens with one attached hydrogen (secondary N) is 2. The Balaban J connectivity index is 2.40. The van der Waals surface area contributed by atoms with Crippen LogP contribution in [-0.2, 0) is 9.84 Å². The summed E-state index contributed by atoms with van der Waals surface area (Å²) >= 11 is 0. The standard InChI is InChI=1S/C11H23N3O2S/c1-3-12-11(13-4-2)14-9-10-5-7-17(15,16)8-6-10/h10H,3-9H2,1-2H3,(H2,12,13,14). The molecule has 1 fully saturated rings. The van der Waals surface area contributed by atoms with Crippen molar-refractivity contribution in [3.8, 4) is 0 Å². The molecule has 1 rings (SSSR count). The predicted octanol–water partition coefficient (Wildman–Crippen LogP) is 0.386. The van der Waals surface area contributed by atoms with Gasteiger partial charge in [0.1, 0.15) is 9.84 Å². The summed E-state index contributed by atoms with van der Waals surface area (Å²) in [6, 6.07) is 0. The average Bonchev–Trinajstić information content (AvgIpc) is 2.28. The van der Waals surface area contributed by atoms with E-state index in [2.05, 4.69) is 15.6 Å². The van der Waals surface area contributed by atoms with Gasteiger partial charge in [-0.2, -0.15) is 0 Å². The Morgan fingerprint density at radius 3 is 2.18 bits per heavy atom. The highest BCUT2D eigenvalue weighted by molar-refractivity contribution is 7.91. The molecular weight excluding hydrogens is 238 g/mol. The molecule has 0 atom stereocenters. The second kappa shape index (κ2) is 6.83. The van der Waals surface area contributed by atoms with Crippen LogP contribution in [-0.4, -0.2) is 45.5 Å². The van der Waals surface area contributed by atoms with Crippen molar-refractivity contribution >= 4 is 15.8 Å². The van der Waals surface area contributed by atoms with Crippen molar-refractivity contribution in [2.75, 3.05) is 31.1 Å². The predicted molar refractivity (Wildman–Crippen MR) is 71.0 cm³/mol. The summed E-state index contributed by atoms with van der Waals surface area (Å²) < 4.78 is 22.6. The Kier molecular flexibility index (Phi) is 5.74. The summed E-state index contributed by atoms with van der Waals surface area (Å²) in [6.45, 7) is 6.45. The maximum Gasteiger partial charge on any atom is 0.191 e. The first-order chi connectivity index (χ1) is 8.07. The Morgan fingerprint density at radius 2 is 1.71 bits per heavy atom. The van der Waals surface area contributed by atoms with Gasteiger partial charge in [0.2, 0.25) is 0 Å². The van der Waals surface area contributed by atoms with Crippen molar-refractivity contribution in [1.29, 1.82) is 0 Å². The van der Waals surface area contributed by atoms with Gasteiger partial charge in [0.15, 0.2) is 5.96 Å². The third-order valence-electron chi connectivity index (χ3n) is 2.87. The lowest BCUT2D eigenvalue weighted by Crippen LogP contribution is -2.37. The molecule has 6 heteroatoms. The van der Waals surface area contributed by atoms with E-state index < -0.39 is 9.84 Å². The zero-order valence-corrected chi connectivity index (χ0v) is 11.5. The first-order valence-electron chi connectivity index (χ1n) is 6.30. The monoisotopic (exact) mass is 261 g/mol. The van der Waals surface area contributed by atoms with Gasteiger partial charge in [-0.3, -0.25) is 4.99 Å². The molecule has 0 aliphatic carbocycles. The fourth-order valence-corrected chi connectivity index (χ4v) is 3.44. The number of hydrogen-bond donors (Lipinski definition) is 2. The summed E-state index contributed by atoms with van der Waals surface area (Å²) in [5.41, 5.74) is 0. The van der Waals surface area contributed by atoms with Crippen LogP contribution in [0.3, 0.4) is 0 Å². The summed E-state index contributed by atoms with van der Waals surface area (Å²) in [7, 11) is -2.75. The van der Waals surface area contributed by atoms with E-state index in [1.54, 1.807) is 0 Å². The van der Waals surface area contributed by atoms with E-state index in [0.717, 1.165) is 31.9 Å². The topological polar surface area (TPSA) is 70.6 Å². The van der Waals surface area contributed by atoms with Crippen molar-refractivity contribution in [3.63, 3.8) is 0 Å². The van der Waals surface area contributed by atoms with Crippen LogP contribution >= 0.6 is 0 Å². The van der Waals surface area contributed by atoms with E-state index in [1.165, 1.54) is 0 Å². The van der Waals surface area contributed by atoms with Crippen molar-refractivity contribution in [1.82, 2.24) is 10.6 Å². The second-order valence-electron chi connectivity index (χ2n) is 4.35. The number of hydrogen-bond acceptors (Lipinski definition) is 3. The highest BCUT2D eigenvalue weighted by Crippen LogP contribution is 2.18. The third kappa shape index (κ3) is 5.39. The van der Waals surface area contributed by atoms with Gasteiger partial charge in [0.25, 0.3) is 0 Å². The van der Waals surface area contributed by atoms with E-state index in [-0.39, 0.29) is 0 Å². The minimum atomic E-state index is -2.75. The molecule has 5 nitrogen and oxygen atoms in total. The molecule has 100 valence electrons. The summed E-state index contributed by atoms with van der Waals surface area (Å²) in [5.74, 6) is 1.88. The van der Waals surface area contributed by atoms with Crippen LogP contribution in [0.2, 0.25) is 0 Å². The van der Waals surface area contributed by atoms with Gasteiger partial charge in [0.05, 0.1) is 11.5 Å². The SMILES string of the molecule is CCNC(=NCC1CCS(=O)(=O)CC1)NCC. The molecule has 0 bridgehead atoms. The third-order valence-corrected chi connectivity index (χ3v) is 4.59. The van der Waals surface area contributed by atoms with E-state index in [1.807, 2.05) is 13.8 Å². The smallest absolute Gasteiger partial charge is 0.191 e. The van der Waals surface area contributed by atoms with Crippen LogP contribution in [0.1, 0.15) is 26.7 Å². The van der Waals surface area contributed by atoms with Crippen molar-refractivity contribution < 1.29 is 8.42 Å². The van der Waals surface area contributed by atoms with Crippen molar-refractivity contribution in [2.24, 2.45) is 10.9 Å². The number of aliphatic imine (C=N–C) groups is 1. The zero-order valence-electron chi connectivity index (χ0n) is 10.7. The highest BCUT2D eigenvalue weighted by atomic mass is 32.2. The van der Waals surface area contributed by atoms with E-state index >= 15 is 0 Å². The Bertz CT molecular complexity index is 330. The Morgan fingerprint density at radius 1 is 1.18 bits per heavy atom. The normalized spacial score (nSPS) is 19.6. The molecule has 1 aliphatic rings. The van der Waals surface area contributed by atoms with Crippen molar-refractivity contribution in [2.45, 2.75) is 26.7 Å². The number of sulfone groups is 1. The van der Waals surface area contributed by atoms with E-state index in [0.29, 0.717) is 24.0 Å². The number of guanidine groups is 1. The minimum Gasteiger partial charge on any atom is -0.357 e. The minimum absolute atomic E-state index is 0.324. The maximum atomic E-state index is 11.3. The molecule has 0 aromatic heterocycles. The molecule has 0 unspecified atom stereocenters. The van der Waals surface area contributed by atoms with E-state index in [9.17, 15) is 8.42 Å². The largest absolute Gasteiger partial charge is 0.357 e. The molecule has 17 heavy (non-hydrogen) atoms. The lowest BCUT2D eigenvalue weighted by Gasteiger charge is -2.20. The van der Waals surface area contributed by atoms with Crippen LogP contribution in [0.25, 0.3) is 0 Å². The fraction of sp³-hybridized carbons (Fsp3) is 0.909. The average molecular weight is 261 g/mol. The first kappa shape index (κ1) is 14.3. The molecule has 0 aromatic carbocycles. The lowest BCUT2D eigenvalue weighted by atomic mass is 10.0. The van der Waals surface area contributed by atoms with Gasteiger partial charge in [-0.15, -0.1) is 0 Å². The molecule has 0 saturated carbocycles.